The van der Waals surface area contributed by atoms with Gasteiger partial charge in [-0.05, 0) is 177 Å². The first-order chi connectivity index (χ1) is 68.3. The lowest BCUT2D eigenvalue weighted by Crippen LogP contribution is -2.65. The smallest absolute Gasteiger partial charge is 0.341 e. The molecule has 49 heteroatoms. The third kappa shape index (κ3) is 25.3. The van der Waals surface area contributed by atoms with E-state index in [1.165, 1.54) is 51.2 Å². The average Bonchev–Trinajstić information content (AvgIpc) is 0.767. The minimum absolute atomic E-state index is 0.0118. The largest absolute Gasteiger partial charge is 0.508 e. The molecule has 8 aromatic rings. The van der Waals surface area contributed by atoms with E-state index in [-0.39, 0.29) is 47.7 Å². The maximum absolute atomic E-state index is 16.8. The van der Waals surface area contributed by atoms with Crippen molar-refractivity contribution in [2.45, 2.75) is 219 Å². The summed E-state index contributed by atoms with van der Waals surface area (Å²) in [4.78, 5) is 177. The van der Waals surface area contributed by atoms with Crippen molar-refractivity contribution in [3.05, 3.63) is 206 Å². The van der Waals surface area contributed by atoms with Gasteiger partial charge in [0.2, 0.25) is 53.4 Å². The number of nitrogens with one attached hydrogen (secondary N) is 9. The number of halogens is 3. The number of hydrogen-bond donors (Lipinski definition) is 24. The molecule has 0 aliphatic carbocycles. The Hall–Kier alpha value is -11.6. The second kappa shape index (κ2) is 45.0. The maximum Gasteiger partial charge on any atom is 0.341 e. The molecule has 3 saturated heterocycles. The minimum Gasteiger partial charge on any atom is -0.508 e. The van der Waals surface area contributed by atoms with Crippen LogP contribution in [0.2, 0.25) is 15.1 Å². The summed E-state index contributed by atoms with van der Waals surface area (Å²) in [6.07, 6.45) is -24.8. The van der Waals surface area contributed by atoms with Crippen LogP contribution in [-0.2, 0) is 93.7 Å². The zero-order valence-electron chi connectivity index (χ0n) is 78.5. The van der Waals surface area contributed by atoms with E-state index >= 15 is 28.8 Å². The number of nitrogens with two attached hydrogens (primary N) is 2. The monoisotopic (exact) mass is 2110 g/mol. The molecule has 0 saturated carbocycles. The second-order valence-corrected chi connectivity index (χ2v) is 42.4. The number of aliphatic hydroxyl groups is 6. The molecule has 8 heterocycles. The number of primary amides is 1. The molecule has 44 nitrogen and oxygen atoms in total. The molecule has 16 rings (SSSR count). The highest BCUT2D eigenvalue weighted by atomic mass is 35.5. The number of rotatable bonds is 26. The summed E-state index contributed by atoms with van der Waals surface area (Å²) in [5, 5.41) is 129. The maximum atomic E-state index is 16.8. The Bertz CT molecular complexity index is 6290. The number of phenols is 3. The first kappa shape index (κ1) is 109. The third-order valence-corrected chi connectivity index (χ3v) is 30.3. The lowest BCUT2D eigenvalue weighted by Gasteiger charge is -2.48. The molecular formula is C96H110Cl3N11O33P2. The molecule has 778 valence electrons. The molecule has 22 atom stereocenters. The molecule has 8 aliphatic rings. The Morgan fingerprint density at radius 1 is 0.614 bits per heavy atom. The highest BCUT2D eigenvalue weighted by Crippen LogP contribution is 2.61. The van der Waals surface area contributed by atoms with Gasteiger partial charge in [0.15, 0.2) is 48.2 Å². The van der Waals surface area contributed by atoms with Crippen molar-refractivity contribution in [1.29, 1.82) is 0 Å². The van der Waals surface area contributed by atoms with Gasteiger partial charge < -0.3 is 167 Å². The normalized spacial score (nSPS) is 27.5. The summed E-state index contributed by atoms with van der Waals surface area (Å²) in [5.41, 5.74) is 8.85. The highest BCUT2D eigenvalue weighted by molar-refractivity contribution is 7.70. The number of anilines is 1. The van der Waals surface area contributed by atoms with Crippen LogP contribution in [0.4, 0.5) is 5.69 Å². The van der Waals surface area contributed by atoms with Crippen LogP contribution >= 0.6 is 50.0 Å². The number of aromatic hydroxyl groups is 3. The quantitative estimate of drug-likeness (QED) is 0.0255. The summed E-state index contributed by atoms with van der Waals surface area (Å²) < 4.78 is 83.1. The van der Waals surface area contributed by atoms with E-state index in [0.29, 0.717) is 5.02 Å². The highest BCUT2D eigenvalue weighted by Gasteiger charge is 2.54. The van der Waals surface area contributed by atoms with E-state index in [1.807, 2.05) is 36.4 Å². The number of ether oxygens (including phenoxy) is 9. The van der Waals surface area contributed by atoms with Crippen LogP contribution in [0.25, 0.3) is 22.3 Å². The molecule has 8 aromatic carbocycles. The van der Waals surface area contributed by atoms with Gasteiger partial charge in [-0.3, -0.25) is 47.5 Å². The van der Waals surface area contributed by atoms with Crippen LogP contribution in [0.1, 0.15) is 137 Å². The standard InChI is InChI=1S/C96H110Cl3N11O33P2/c1-41(2)26-59(102-7)87(122)109-77-79(117)49-17-24-63(57(98)29-49)138-65-31-51-32-66(83(65)143-94-84(81(119)80(118)67(39-111)140-94)142-71-37-96(6,86(121)43(4)137-71)103-38-45-8-12-46(13-9-45)47-14-19-52(97)20-15-47)139-64-25-18-50(30-58(64)99)82(141-70-36-95(5,101)85(120)42(3)136-70)78-92(127)108-76(93(128)135-40-69(116)104-53-21-10-44(11-22-53)27-72(144(129,130)131)145(132,133)134)56-33-54(112)34-62(114)73(56)55-28-48(16-23-61(55)113)74(89(124)110-78)107-90(125)75(51)106-88(123)60(35-68(100)115)105-91(77)126/h8-25,28-34,41-43,59-60,67,70-72,74-82,84-86,94,102-103,111-114,117-121H,26-27,35-40,101H2,1-7H3,(H2,100,115)(H,104,116)(H,105,126)(H,106,123)(H,107,125)(H,108,127)(H,109,122)(H,110,124)(H2,129,130,131)(H2,132,133,134)/t42?,43?,59?,60?,67?,70?,71?,74?,75?,76-,77?,78?,79+,80?,81?,82-,84?,85?,86?,94?,95+,96-/m1/s1. The van der Waals surface area contributed by atoms with Gasteiger partial charge in [-0.2, -0.15) is 0 Å². The van der Waals surface area contributed by atoms with E-state index in [0.717, 1.165) is 89.5 Å². The number of phenolic OH excluding ortho intramolecular Hbond substituents is 3. The molecule has 11 bridgehead atoms. The summed E-state index contributed by atoms with van der Waals surface area (Å²) in [6, 6.07) is 17.9. The Kier molecular flexibility index (Phi) is 33.9. The van der Waals surface area contributed by atoms with Gasteiger partial charge in [0.25, 0.3) is 5.91 Å². The predicted octanol–water partition coefficient (Wildman–Crippen LogP) is 4.82. The van der Waals surface area contributed by atoms with Gasteiger partial charge in [-0.15, -0.1) is 0 Å². The number of likely N-dealkylation sites (N-methyl/N-ethyl adjacent to an activating group) is 1. The van der Waals surface area contributed by atoms with Gasteiger partial charge in [-0.25, -0.2) is 4.79 Å². The molecular weight excluding hydrogens is 2000 g/mol. The van der Waals surface area contributed by atoms with E-state index in [9.17, 15) is 89.0 Å². The summed E-state index contributed by atoms with van der Waals surface area (Å²) >= 11 is 21.0. The second-order valence-electron chi connectivity index (χ2n) is 37.1. The zero-order valence-corrected chi connectivity index (χ0v) is 82.5. The topological polar surface area (TPSA) is 694 Å². The number of amides is 8. The molecule has 8 aliphatic heterocycles. The van der Waals surface area contributed by atoms with Crippen LogP contribution in [0.3, 0.4) is 0 Å². The Labute approximate surface area is 843 Å². The van der Waals surface area contributed by atoms with Gasteiger partial charge in [0, 0.05) is 63.9 Å². The third-order valence-electron chi connectivity index (χ3n) is 25.7. The van der Waals surface area contributed by atoms with Crippen molar-refractivity contribution in [2.75, 3.05) is 25.6 Å². The van der Waals surface area contributed by atoms with Crippen molar-refractivity contribution in [3.63, 3.8) is 0 Å². The first-order valence-electron chi connectivity index (χ1n) is 45.7. The number of fused-ring (bicyclic) bond motifs is 15. The Balaban J connectivity index is 0.942. The number of esters is 1. The SMILES string of the molecule is CNC(CC(C)C)C(=O)NC1C(=O)NC(CC(N)=O)C(=O)NC2C(=O)NC3C(=O)NC(C(=O)N[C@@H](C(=O)OCC(=O)Nc4ccc(CC(P(=O)(O)O)P(=O)(O)O)cc4)c4cc(O)cc(O)c4-c4cc3ccc4O)[C@H](OC3C[C@](C)(N)C(O)C(C)O3)c3ccc(c(Cl)c3)Oc3cc2cc(c3OC2OC(CO)C(O)C(O)C2OC2C[C@@](C)(NCc3ccc(-c4ccc(Cl)cc4)cc3)C(O)C(C)O2)Oc2ccc(cc2Cl)[C@@H]1O. The fourth-order valence-corrected chi connectivity index (χ4v) is 21.0. The van der Waals surface area contributed by atoms with Gasteiger partial charge >= 0.3 is 21.2 Å². The summed E-state index contributed by atoms with van der Waals surface area (Å²) in [6.45, 7) is 7.56. The fraction of sp³-hybridized carbons (Fsp3) is 0.406. The number of carbonyl (C=O) groups excluding carboxylic acids is 9. The van der Waals surface area contributed by atoms with Crippen LogP contribution < -0.4 is 73.5 Å². The van der Waals surface area contributed by atoms with Crippen molar-refractivity contribution >= 4 is 109 Å². The van der Waals surface area contributed by atoms with Crippen LogP contribution in [0.15, 0.2) is 152 Å². The summed E-state index contributed by atoms with van der Waals surface area (Å²) in [5.74, 6) is -18.1. The van der Waals surface area contributed by atoms with Gasteiger partial charge in [0.05, 0.1) is 53.5 Å². The lowest BCUT2D eigenvalue weighted by atomic mass is 9.84. The van der Waals surface area contributed by atoms with Crippen molar-refractivity contribution in [3.8, 4) is 68.2 Å². The van der Waals surface area contributed by atoms with Crippen LogP contribution in [0, 0.1) is 5.92 Å². The molecule has 26 N–H and O–H groups in total. The molecule has 17 unspecified atom stereocenters. The van der Waals surface area contributed by atoms with Crippen LogP contribution in [-0.4, -0.2) is 247 Å². The molecule has 0 aromatic heterocycles. The van der Waals surface area contributed by atoms with E-state index in [4.69, 9.17) is 88.9 Å². The molecule has 0 radical (unpaired) electrons. The Morgan fingerprint density at radius 3 is 1.79 bits per heavy atom. The molecule has 145 heavy (non-hydrogen) atoms. The first-order valence-corrected chi connectivity index (χ1v) is 50.2. The zero-order chi connectivity index (χ0) is 105. The van der Waals surface area contributed by atoms with Crippen molar-refractivity contribution in [1.82, 2.24) is 42.5 Å². The predicted molar refractivity (Wildman–Crippen MR) is 515 cm³/mol. The van der Waals surface area contributed by atoms with Gasteiger partial charge in [-0.1, -0.05) is 115 Å². The van der Waals surface area contributed by atoms with Crippen molar-refractivity contribution in [2.24, 2.45) is 17.4 Å². The van der Waals surface area contributed by atoms with Crippen molar-refractivity contribution < 1.29 is 160 Å². The summed E-state index contributed by atoms with van der Waals surface area (Å²) in [7, 11) is -9.34. The van der Waals surface area contributed by atoms with E-state index < -0.39 is 323 Å². The van der Waals surface area contributed by atoms with Crippen LogP contribution in [0.5, 0.6) is 46.0 Å². The molecule has 0 spiro atoms. The number of benzene rings is 8. The molecule has 8 amide bonds. The number of aliphatic hydroxyl groups excluding tert-OH is 6. The number of hydrogen-bond acceptors (Lipinski definition) is 32. The molecule has 3 fully saturated rings. The Morgan fingerprint density at radius 2 is 1.19 bits per heavy atom. The fourth-order valence-electron chi connectivity index (χ4n) is 17.9. The van der Waals surface area contributed by atoms with E-state index in [2.05, 4.69) is 47.9 Å². The number of carbonyl (C=O) groups is 9. The lowest BCUT2D eigenvalue weighted by molar-refractivity contribution is -0.334. The minimum atomic E-state index is -5.40. The van der Waals surface area contributed by atoms with Gasteiger partial charge in [0.1, 0.15) is 89.5 Å². The van der Waals surface area contributed by atoms with E-state index in [1.54, 1.807) is 39.8 Å². The average molecular weight is 2110 g/mol.